The second-order valence-corrected chi connectivity index (χ2v) is 7.36. The van der Waals surface area contributed by atoms with Gasteiger partial charge in [-0.15, -0.1) is 0 Å². The van der Waals surface area contributed by atoms with Gasteiger partial charge in [0.05, 0.1) is 17.9 Å². The molecule has 0 radical (unpaired) electrons. The third-order valence-electron chi connectivity index (χ3n) is 4.09. The van der Waals surface area contributed by atoms with Crippen LogP contribution in [0.15, 0.2) is 4.90 Å². The van der Waals surface area contributed by atoms with Crippen LogP contribution in [0.25, 0.3) is 0 Å². The second-order valence-electron chi connectivity index (χ2n) is 5.71. The number of sulfonamides is 1. The first kappa shape index (κ1) is 16.5. The molecule has 21 heavy (non-hydrogen) atoms. The highest BCUT2D eigenvalue weighted by Gasteiger charge is 2.39. The Kier molecular flexibility index (Phi) is 5.06. The van der Waals surface area contributed by atoms with E-state index < -0.39 is 10.0 Å². The van der Waals surface area contributed by atoms with Gasteiger partial charge in [-0.05, 0) is 32.7 Å². The van der Waals surface area contributed by atoms with Gasteiger partial charge in [-0.3, -0.25) is 4.68 Å². The van der Waals surface area contributed by atoms with Gasteiger partial charge >= 0.3 is 0 Å². The maximum absolute atomic E-state index is 12.5. The molecule has 0 spiro atoms. The Morgan fingerprint density at radius 3 is 2.62 bits per heavy atom. The average molecular weight is 314 g/mol. The third kappa shape index (κ3) is 3.64. The van der Waals surface area contributed by atoms with E-state index in [1.54, 1.807) is 11.6 Å². The van der Waals surface area contributed by atoms with E-state index in [0.717, 1.165) is 25.9 Å². The number of nitrogens with zero attached hydrogens (tertiary/aromatic N) is 2. The summed E-state index contributed by atoms with van der Waals surface area (Å²) < 4.78 is 29.7. The van der Waals surface area contributed by atoms with Crippen molar-refractivity contribution in [3.05, 3.63) is 11.4 Å². The lowest BCUT2D eigenvalue weighted by Gasteiger charge is -2.08. The lowest BCUT2D eigenvalue weighted by atomic mass is 10.3. The molecule has 2 N–H and O–H groups in total. The van der Waals surface area contributed by atoms with Crippen molar-refractivity contribution in [2.24, 2.45) is 5.92 Å². The molecule has 0 aromatic carbocycles. The molecule has 1 heterocycles. The first-order chi connectivity index (χ1) is 9.90. The molecule has 120 valence electrons. The molecular weight excluding hydrogens is 288 g/mol. The van der Waals surface area contributed by atoms with Gasteiger partial charge in [-0.2, -0.15) is 5.10 Å². The van der Waals surface area contributed by atoms with Crippen molar-refractivity contribution in [3.63, 3.8) is 0 Å². The van der Waals surface area contributed by atoms with E-state index in [1.165, 1.54) is 0 Å². The van der Waals surface area contributed by atoms with Crippen LogP contribution in [0.5, 0.6) is 0 Å². The normalized spacial score (nSPS) is 21.7. The summed E-state index contributed by atoms with van der Waals surface area (Å²) >= 11 is 0. The van der Waals surface area contributed by atoms with Crippen molar-refractivity contribution < 1.29 is 8.42 Å². The van der Waals surface area contributed by atoms with E-state index in [1.807, 2.05) is 13.8 Å². The summed E-state index contributed by atoms with van der Waals surface area (Å²) in [6.45, 7) is 10.1. The predicted molar refractivity (Wildman–Crippen MR) is 82.8 cm³/mol. The van der Waals surface area contributed by atoms with Gasteiger partial charge in [0.1, 0.15) is 4.90 Å². The molecule has 2 atom stereocenters. The molecule has 1 fully saturated rings. The van der Waals surface area contributed by atoms with Crippen molar-refractivity contribution in [2.75, 3.05) is 13.1 Å². The van der Waals surface area contributed by atoms with E-state index in [9.17, 15) is 8.42 Å². The molecule has 0 aliphatic heterocycles. The zero-order valence-electron chi connectivity index (χ0n) is 13.3. The Bertz CT molecular complexity index is 594. The highest BCUT2D eigenvalue weighted by molar-refractivity contribution is 7.89. The Balaban J connectivity index is 2.15. The summed E-state index contributed by atoms with van der Waals surface area (Å²) in [5.74, 6) is 0.490. The first-order valence-electron chi connectivity index (χ1n) is 7.67. The Labute approximate surface area is 127 Å². The van der Waals surface area contributed by atoms with Gasteiger partial charge in [-0.1, -0.05) is 20.3 Å². The van der Waals surface area contributed by atoms with Crippen LogP contribution in [-0.4, -0.2) is 37.3 Å². The van der Waals surface area contributed by atoms with Gasteiger partial charge < -0.3 is 5.32 Å². The standard InChI is InChI=1S/C14H26N4O2S/c1-5-12-9-13(12)17-21(19,20)14-10(3)16-18(11(14)4)8-7-15-6-2/h12-13,15,17H,5-9H2,1-4H3. The number of hydrogen-bond acceptors (Lipinski definition) is 4. The molecule has 1 aliphatic carbocycles. The fourth-order valence-corrected chi connectivity index (χ4v) is 4.48. The highest BCUT2D eigenvalue weighted by atomic mass is 32.2. The first-order valence-corrected chi connectivity index (χ1v) is 9.16. The number of aromatic nitrogens is 2. The maximum atomic E-state index is 12.5. The molecule has 2 rings (SSSR count). The van der Waals surface area contributed by atoms with Crippen LogP contribution in [0.3, 0.4) is 0 Å². The monoisotopic (exact) mass is 314 g/mol. The molecule has 0 amide bonds. The molecule has 0 bridgehead atoms. The topological polar surface area (TPSA) is 76.0 Å². The van der Waals surface area contributed by atoms with E-state index >= 15 is 0 Å². The van der Waals surface area contributed by atoms with Crippen molar-refractivity contribution in [1.82, 2.24) is 19.8 Å². The zero-order valence-corrected chi connectivity index (χ0v) is 14.1. The molecule has 1 aromatic heterocycles. The summed E-state index contributed by atoms with van der Waals surface area (Å²) in [6.07, 6.45) is 1.97. The van der Waals surface area contributed by atoms with E-state index in [4.69, 9.17) is 0 Å². The molecule has 1 saturated carbocycles. The van der Waals surface area contributed by atoms with Gasteiger partial charge in [-0.25, -0.2) is 13.1 Å². The van der Waals surface area contributed by atoms with E-state index in [-0.39, 0.29) is 6.04 Å². The molecule has 7 heteroatoms. The molecule has 0 saturated heterocycles. The minimum atomic E-state index is -3.46. The van der Waals surface area contributed by atoms with Crippen LogP contribution in [0, 0.1) is 19.8 Å². The van der Waals surface area contributed by atoms with Gasteiger partial charge in [0.25, 0.3) is 0 Å². The summed E-state index contributed by atoms with van der Waals surface area (Å²) in [4.78, 5) is 0.348. The third-order valence-corrected chi connectivity index (χ3v) is 5.83. The van der Waals surface area contributed by atoms with Crippen LogP contribution in [0.4, 0.5) is 0 Å². The molecule has 1 aromatic rings. The summed E-state index contributed by atoms with van der Waals surface area (Å²) in [5, 5.41) is 7.59. The second kappa shape index (κ2) is 6.46. The highest BCUT2D eigenvalue weighted by Crippen LogP contribution is 2.35. The largest absolute Gasteiger partial charge is 0.315 e. The summed E-state index contributed by atoms with van der Waals surface area (Å²) in [5.41, 5.74) is 1.29. The van der Waals surface area contributed by atoms with Gasteiger partial charge in [0, 0.05) is 12.6 Å². The van der Waals surface area contributed by atoms with Crippen molar-refractivity contribution in [1.29, 1.82) is 0 Å². The van der Waals surface area contributed by atoms with Crippen molar-refractivity contribution in [3.8, 4) is 0 Å². The average Bonchev–Trinajstić information content (AvgIpc) is 3.07. The Morgan fingerprint density at radius 2 is 2.05 bits per heavy atom. The molecule has 6 nitrogen and oxygen atoms in total. The van der Waals surface area contributed by atoms with Crippen LogP contribution in [-0.2, 0) is 16.6 Å². The number of hydrogen-bond donors (Lipinski definition) is 2. The van der Waals surface area contributed by atoms with E-state index in [0.29, 0.717) is 28.7 Å². The minimum Gasteiger partial charge on any atom is -0.315 e. The number of rotatable bonds is 8. The van der Waals surface area contributed by atoms with Crippen molar-refractivity contribution in [2.45, 2.75) is 58.0 Å². The Morgan fingerprint density at radius 1 is 1.33 bits per heavy atom. The summed E-state index contributed by atoms with van der Waals surface area (Å²) in [6, 6.07) is 0.101. The predicted octanol–water partition coefficient (Wildman–Crippen LogP) is 1.19. The van der Waals surface area contributed by atoms with Gasteiger partial charge in [0.15, 0.2) is 0 Å². The quantitative estimate of drug-likeness (QED) is 0.707. The van der Waals surface area contributed by atoms with Crippen molar-refractivity contribution >= 4 is 10.0 Å². The SMILES string of the molecule is CCNCCn1nc(C)c(S(=O)(=O)NC2CC2CC)c1C. The minimum absolute atomic E-state index is 0.101. The lowest BCUT2D eigenvalue weighted by Crippen LogP contribution is -2.28. The maximum Gasteiger partial charge on any atom is 0.244 e. The number of aryl methyl sites for hydroxylation is 1. The van der Waals surface area contributed by atoms with E-state index in [2.05, 4.69) is 22.1 Å². The van der Waals surface area contributed by atoms with Crippen LogP contribution in [0.2, 0.25) is 0 Å². The van der Waals surface area contributed by atoms with Crippen LogP contribution in [0.1, 0.15) is 38.1 Å². The van der Waals surface area contributed by atoms with Crippen LogP contribution < -0.4 is 10.0 Å². The number of likely N-dealkylation sites (N-methyl/N-ethyl adjacent to an activating group) is 1. The van der Waals surface area contributed by atoms with Crippen LogP contribution >= 0.6 is 0 Å². The molecule has 1 aliphatic rings. The fraction of sp³-hybridized carbons (Fsp3) is 0.786. The Hall–Kier alpha value is -0.920. The van der Waals surface area contributed by atoms with Gasteiger partial charge in [0.2, 0.25) is 10.0 Å². The number of nitrogens with one attached hydrogen (secondary N) is 2. The summed E-state index contributed by atoms with van der Waals surface area (Å²) in [7, 11) is -3.46. The smallest absolute Gasteiger partial charge is 0.244 e. The molecular formula is C14H26N4O2S. The lowest BCUT2D eigenvalue weighted by molar-refractivity contribution is 0.549. The zero-order chi connectivity index (χ0) is 15.6. The fourth-order valence-electron chi connectivity index (χ4n) is 2.75. The molecule has 2 unspecified atom stereocenters.